The van der Waals surface area contributed by atoms with Crippen molar-refractivity contribution in [3.05, 3.63) is 55.9 Å². The van der Waals surface area contributed by atoms with Gasteiger partial charge in [-0.25, -0.2) is 4.98 Å². The van der Waals surface area contributed by atoms with E-state index in [2.05, 4.69) is 15.3 Å². The van der Waals surface area contributed by atoms with Crippen LogP contribution in [-0.4, -0.2) is 33.9 Å². The smallest absolute Gasteiger partial charge is 0.268 e. The van der Waals surface area contributed by atoms with Crippen molar-refractivity contribution in [1.82, 2.24) is 14.9 Å². The summed E-state index contributed by atoms with van der Waals surface area (Å²) in [6.45, 7) is 2.09. The number of anilines is 1. The van der Waals surface area contributed by atoms with Crippen LogP contribution in [0.2, 0.25) is 10.0 Å². The van der Waals surface area contributed by atoms with Crippen LogP contribution in [-0.2, 0) is 11.3 Å². The number of H-pyrrole nitrogens is 1. The molecule has 2 heterocycles. The molecule has 0 fully saturated rings. The van der Waals surface area contributed by atoms with Crippen molar-refractivity contribution in [1.29, 1.82) is 0 Å². The fourth-order valence-corrected chi connectivity index (χ4v) is 3.58. The fourth-order valence-electron chi connectivity index (χ4n) is 2.40. The van der Waals surface area contributed by atoms with E-state index in [1.807, 2.05) is 5.38 Å². The molecule has 2 aromatic heterocycles. The van der Waals surface area contributed by atoms with Crippen molar-refractivity contribution in [3.63, 3.8) is 0 Å². The molecule has 0 saturated heterocycles. The lowest BCUT2D eigenvalue weighted by atomic mass is 10.2. The number of carbonyl (C=O) groups is 1. The standard InChI is InChI=1S/C17H16Cl2N4O2S/c1-9(16(24)21-12-4-3-10(18)7-11(12)19)23(2)8-14-20-13-5-6-26-15(13)17(25)22-14/h3-7,9H,8H2,1-2H3,(H,21,24)(H,20,22,25). The lowest BCUT2D eigenvalue weighted by Crippen LogP contribution is -2.39. The second-order valence-electron chi connectivity index (χ2n) is 5.85. The average molecular weight is 411 g/mol. The predicted octanol–water partition coefficient (Wildman–Crippen LogP) is 3.75. The number of aromatic nitrogens is 2. The van der Waals surface area contributed by atoms with Crippen LogP contribution in [0.4, 0.5) is 5.69 Å². The Hall–Kier alpha value is -1.93. The number of hydrogen-bond acceptors (Lipinski definition) is 5. The second kappa shape index (κ2) is 7.75. The monoisotopic (exact) mass is 410 g/mol. The molecule has 6 nitrogen and oxygen atoms in total. The van der Waals surface area contributed by atoms with E-state index in [1.54, 1.807) is 43.1 Å². The van der Waals surface area contributed by atoms with Crippen LogP contribution in [0.3, 0.4) is 0 Å². The normalized spacial score (nSPS) is 12.5. The van der Waals surface area contributed by atoms with Crippen molar-refractivity contribution in [2.75, 3.05) is 12.4 Å². The van der Waals surface area contributed by atoms with Crippen LogP contribution in [0.25, 0.3) is 10.2 Å². The van der Waals surface area contributed by atoms with Gasteiger partial charge in [0.2, 0.25) is 5.91 Å². The quantitative estimate of drug-likeness (QED) is 0.671. The van der Waals surface area contributed by atoms with E-state index in [0.717, 1.165) is 0 Å². The zero-order chi connectivity index (χ0) is 18.8. The van der Waals surface area contributed by atoms with Gasteiger partial charge < -0.3 is 10.3 Å². The Bertz CT molecular complexity index is 1020. The van der Waals surface area contributed by atoms with Gasteiger partial charge >= 0.3 is 0 Å². The van der Waals surface area contributed by atoms with E-state index in [0.29, 0.717) is 38.3 Å². The number of halogens is 2. The average Bonchev–Trinajstić information content (AvgIpc) is 3.05. The molecule has 0 aliphatic rings. The maximum Gasteiger partial charge on any atom is 0.268 e. The van der Waals surface area contributed by atoms with E-state index >= 15 is 0 Å². The van der Waals surface area contributed by atoms with Gasteiger partial charge in [0, 0.05) is 5.02 Å². The molecule has 0 aliphatic carbocycles. The number of thiophene rings is 1. The maximum absolute atomic E-state index is 12.5. The van der Waals surface area contributed by atoms with E-state index in [1.165, 1.54) is 11.3 Å². The molecule has 136 valence electrons. The number of hydrogen-bond donors (Lipinski definition) is 2. The zero-order valence-corrected chi connectivity index (χ0v) is 16.4. The minimum atomic E-state index is -0.467. The number of carbonyl (C=O) groups excluding carboxylic acids is 1. The third-order valence-corrected chi connectivity index (χ3v) is 5.44. The summed E-state index contributed by atoms with van der Waals surface area (Å²) in [4.78, 5) is 33.5. The van der Waals surface area contributed by atoms with Gasteiger partial charge in [0.25, 0.3) is 5.56 Å². The molecule has 1 atom stereocenters. The Balaban J connectivity index is 1.70. The van der Waals surface area contributed by atoms with E-state index in [-0.39, 0.29) is 11.5 Å². The predicted molar refractivity (Wildman–Crippen MR) is 106 cm³/mol. The number of likely N-dealkylation sites (N-methyl/N-ethyl adjacent to an activating group) is 1. The highest BCUT2D eigenvalue weighted by Crippen LogP contribution is 2.25. The molecule has 2 N–H and O–H groups in total. The van der Waals surface area contributed by atoms with E-state index < -0.39 is 6.04 Å². The molecule has 3 rings (SSSR count). The molecule has 1 aromatic carbocycles. The molecule has 0 spiro atoms. The summed E-state index contributed by atoms with van der Waals surface area (Å²) in [5.41, 5.74) is 0.984. The van der Waals surface area contributed by atoms with Gasteiger partial charge in [-0.2, -0.15) is 0 Å². The molecule has 0 bridgehead atoms. The van der Waals surface area contributed by atoms with Crippen LogP contribution in [0, 0.1) is 0 Å². The number of nitrogens with zero attached hydrogens (tertiary/aromatic N) is 2. The summed E-state index contributed by atoms with van der Waals surface area (Å²) >= 11 is 13.3. The zero-order valence-electron chi connectivity index (χ0n) is 14.0. The molecule has 0 aliphatic heterocycles. The van der Waals surface area contributed by atoms with Gasteiger partial charge in [0.1, 0.15) is 10.5 Å². The minimum Gasteiger partial charge on any atom is -0.323 e. The van der Waals surface area contributed by atoms with Gasteiger partial charge in [-0.1, -0.05) is 23.2 Å². The van der Waals surface area contributed by atoms with Crippen molar-refractivity contribution in [2.45, 2.75) is 19.5 Å². The SMILES string of the molecule is CC(C(=O)Nc1ccc(Cl)cc1Cl)N(C)Cc1nc2ccsc2c(=O)[nH]1. The van der Waals surface area contributed by atoms with Crippen molar-refractivity contribution >= 4 is 56.3 Å². The van der Waals surface area contributed by atoms with Crippen molar-refractivity contribution in [2.24, 2.45) is 0 Å². The van der Waals surface area contributed by atoms with Crippen LogP contribution < -0.4 is 10.9 Å². The van der Waals surface area contributed by atoms with Gasteiger partial charge in [-0.05, 0) is 43.6 Å². The Morgan fingerprint density at radius 2 is 2.15 bits per heavy atom. The number of nitrogens with one attached hydrogen (secondary N) is 2. The third kappa shape index (κ3) is 4.07. The number of benzene rings is 1. The van der Waals surface area contributed by atoms with Gasteiger partial charge in [0.15, 0.2) is 0 Å². The van der Waals surface area contributed by atoms with Gasteiger partial charge in [-0.15, -0.1) is 11.3 Å². The van der Waals surface area contributed by atoms with Crippen molar-refractivity contribution < 1.29 is 4.79 Å². The molecule has 3 aromatic rings. The highest BCUT2D eigenvalue weighted by Gasteiger charge is 2.20. The molecule has 9 heteroatoms. The summed E-state index contributed by atoms with van der Waals surface area (Å²) < 4.78 is 0.597. The Morgan fingerprint density at radius 1 is 1.38 bits per heavy atom. The number of rotatable bonds is 5. The van der Waals surface area contributed by atoms with Crippen LogP contribution in [0.5, 0.6) is 0 Å². The first-order valence-electron chi connectivity index (χ1n) is 7.77. The number of amides is 1. The van der Waals surface area contributed by atoms with Gasteiger partial charge in [-0.3, -0.25) is 14.5 Å². The highest BCUT2D eigenvalue weighted by molar-refractivity contribution is 7.17. The largest absolute Gasteiger partial charge is 0.323 e. The molecular formula is C17H16Cl2N4O2S. The summed E-state index contributed by atoms with van der Waals surface area (Å²) in [6.07, 6.45) is 0. The maximum atomic E-state index is 12.5. The fraction of sp³-hybridized carbons (Fsp3) is 0.235. The molecule has 0 saturated carbocycles. The first kappa shape index (κ1) is 18.8. The van der Waals surface area contributed by atoms with E-state index in [4.69, 9.17) is 23.2 Å². The summed E-state index contributed by atoms with van der Waals surface area (Å²) in [7, 11) is 1.78. The topological polar surface area (TPSA) is 78.1 Å². The molecule has 26 heavy (non-hydrogen) atoms. The third-order valence-electron chi connectivity index (χ3n) is 3.99. The second-order valence-corrected chi connectivity index (χ2v) is 7.61. The Morgan fingerprint density at radius 3 is 2.88 bits per heavy atom. The first-order valence-corrected chi connectivity index (χ1v) is 9.41. The summed E-state index contributed by atoms with van der Waals surface area (Å²) in [5, 5.41) is 5.47. The Kier molecular flexibility index (Phi) is 5.62. The van der Waals surface area contributed by atoms with E-state index in [9.17, 15) is 9.59 Å². The highest BCUT2D eigenvalue weighted by atomic mass is 35.5. The summed E-state index contributed by atoms with van der Waals surface area (Å²) in [5.74, 6) is 0.281. The molecule has 0 radical (unpaired) electrons. The molecule has 1 unspecified atom stereocenters. The molecule has 1 amide bonds. The first-order chi connectivity index (χ1) is 12.3. The minimum absolute atomic E-state index is 0.168. The molecular weight excluding hydrogens is 395 g/mol. The number of aromatic amines is 1. The number of fused-ring (bicyclic) bond motifs is 1. The van der Waals surface area contributed by atoms with Crippen LogP contribution in [0.15, 0.2) is 34.4 Å². The lowest BCUT2D eigenvalue weighted by Gasteiger charge is -2.23. The van der Waals surface area contributed by atoms with Crippen LogP contribution in [0.1, 0.15) is 12.7 Å². The Labute approximate surface area is 163 Å². The lowest BCUT2D eigenvalue weighted by molar-refractivity contribution is -0.120. The van der Waals surface area contributed by atoms with Crippen molar-refractivity contribution in [3.8, 4) is 0 Å². The summed E-state index contributed by atoms with van der Waals surface area (Å²) in [6, 6.07) is 6.21. The van der Waals surface area contributed by atoms with Crippen LogP contribution >= 0.6 is 34.5 Å². The van der Waals surface area contributed by atoms with Gasteiger partial charge in [0.05, 0.1) is 28.8 Å².